The Morgan fingerprint density at radius 3 is 2.31 bits per heavy atom. The molecule has 2 aliphatic heterocycles. The smallest absolute Gasteiger partial charge is 0.301 e. The largest absolute Gasteiger partial charge is 0.334 e. The van der Waals surface area contributed by atoms with Crippen LogP contribution < -0.4 is 4.90 Å². The van der Waals surface area contributed by atoms with E-state index >= 15 is 0 Å². The predicted molar refractivity (Wildman–Crippen MR) is 108 cm³/mol. The van der Waals surface area contributed by atoms with Crippen LogP contribution in [0.25, 0.3) is 0 Å². The number of urea groups is 1. The molecule has 4 rings (SSSR count). The molecule has 2 aromatic carbocycles. The van der Waals surface area contributed by atoms with Crippen molar-refractivity contribution in [3.8, 4) is 0 Å². The standard InChI is InChI=1S/C21H19N3O4S/c1-2-22-19(26)20(27)23(21(22)28)12-18(25)24-15-10-6-7-11-17(15)29-13-16(24)14-8-4-3-5-9-14/h3-11,16H,2,12-13H2,1H3. The van der Waals surface area contributed by atoms with Gasteiger partial charge in [0.05, 0.1) is 11.7 Å². The van der Waals surface area contributed by atoms with Crippen LogP contribution in [0.3, 0.4) is 0 Å². The van der Waals surface area contributed by atoms with Crippen molar-refractivity contribution in [3.63, 3.8) is 0 Å². The molecule has 29 heavy (non-hydrogen) atoms. The molecule has 8 heteroatoms. The van der Waals surface area contributed by atoms with Crippen molar-refractivity contribution in [2.24, 2.45) is 0 Å². The number of para-hydroxylation sites is 1. The molecule has 5 amide bonds. The number of amides is 5. The Morgan fingerprint density at radius 1 is 0.966 bits per heavy atom. The van der Waals surface area contributed by atoms with Gasteiger partial charge in [-0.05, 0) is 24.6 Å². The molecule has 0 spiro atoms. The summed E-state index contributed by atoms with van der Waals surface area (Å²) in [6, 6.07) is 16.2. The fraction of sp³-hybridized carbons (Fsp3) is 0.238. The average molecular weight is 409 g/mol. The van der Waals surface area contributed by atoms with Gasteiger partial charge < -0.3 is 4.90 Å². The Labute approximate surface area is 172 Å². The van der Waals surface area contributed by atoms with E-state index in [1.54, 1.807) is 23.6 Å². The lowest BCUT2D eigenvalue weighted by molar-refractivity contribution is -0.143. The maximum atomic E-state index is 13.3. The molecule has 2 aromatic rings. The summed E-state index contributed by atoms with van der Waals surface area (Å²) in [6.07, 6.45) is 0. The van der Waals surface area contributed by atoms with Gasteiger partial charge in [0.25, 0.3) is 0 Å². The maximum absolute atomic E-state index is 13.3. The van der Waals surface area contributed by atoms with Crippen LogP contribution in [0, 0.1) is 0 Å². The Hall–Kier alpha value is -3.13. The van der Waals surface area contributed by atoms with Gasteiger partial charge in [0.1, 0.15) is 6.54 Å². The van der Waals surface area contributed by atoms with E-state index in [2.05, 4.69) is 0 Å². The van der Waals surface area contributed by atoms with Crippen molar-refractivity contribution in [3.05, 3.63) is 60.2 Å². The molecular formula is C21H19N3O4S. The van der Waals surface area contributed by atoms with E-state index in [1.807, 2.05) is 54.6 Å². The number of carbonyl (C=O) groups is 4. The molecule has 0 saturated carbocycles. The zero-order valence-corrected chi connectivity index (χ0v) is 16.6. The van der Waals surface area contributed by atoms with Crippen molar-refractivity contribution in [1.82, 2.24) is 9.80 Å². The monoisotopic (exact) mass is 409 g/mol. The Kier molecular flexibility index (Phi) is 5.10. The summed E-state index contributed by atoms with van der Waals surface area (Å²) in [5.74, 6) is -1.60. The third-order valence-corrected chi connectivity index (χ3v) is 6.17. The Morgan fingerprint density at radius 2 is 1.62 bits per heavy atom. The second-order valence-electron chi connectivity index (χ2n) is 6.69. The first-order valence-electron chi connectivity index (χ1n) is 9.29. The minimum atomic E-state index is -0.957. The topological polar surface area (TPSA) is 78.0 Å². The number of benzene rings is 2. The summed E-state index contributed by atoms with van der Waals surface area (Å²) in [5.41, 5.74) is 1.70. The zero-order chi connectivity index (χ0) is 20.5. The van der Waals surface area contributed by atoms with Crippen molar-refractivity contribution in [2.75, 3.05) is 23.7 Å². The molecular weight excluding hydrogens is 390 g/mol. The number of rotatable bonds is 4. The third kappa shape index (κ3) is 3.29. The van der Waals surface area contributed by atoms with Crippen LogP contribution in [0.1, 0.15) is 18.5 Å². The molecule has 1 fully saturated rings. The van der Waals surface area contributed by atoms with E-state index < -0.39 is 30.3 Å². The molecule has 0 radical (unpaired) electrons. The van der Waals surface area contributed by atoms with Crippen LogP contribution in [-0.4, -0.2) is 52.4 Å². The minimum absolute atomic E-state index is 0.0872. The number of nitrogens with zero attached hydrogens (tertiary/aromatic N) is 3. The van der Waals surface area contributed by atoms with Crippen LogP contribution in [0.4, 0.5) is 10.5 Å². The molecule has 1 unspecified atom stereocenters. The first-order chi connectivity index (χ1) is 14.0. The summed E-state index contributed by atoms with van der Waals surface area (Å²) >= 11 is 1.66. The highest BCUT2D eigenvalue weighted by Crippen LogP contribution is 2.43. The first kappa shape index (κ1) is 19.2. The normalized spacial score (nSPS) is 19.0. The molecule has 0 N–H and O–H groups in total. The van der Waals surface area contributed by atoms with Crippen LogP contribution >= 0.6 is 11.8 Å². The maximum Gasteiger partial charge on any atom is 0.334 e. The van der Waals surface area contributed by atoms with E-state index in [9.17, 15) is 19.2 Å². The number of carbonyl (C=O) groups excluding carboxylic acids is 4. The molecule has 0 aliphatic carbocycles. The highest BCUT2D eigenvalue weighted by molar-refractivity contribution is 7.99. The molecule has 1 saturated heterocycles. The third-order valence-electron chi connectivity index (χ3n) is 5.03. The second kappa shape index (κ2) is 7.71. The number of hydrogen-bond donors (Lipinski definition) is 0. The van der Waals surface area contributed by atoms with Gasteiger partial charge >= 0.3 is 17.8 Å². The van der Waals surface area contributed by atoms with Crippen LogP contribution in [0.5, 0.6) is 0 Å². The van der Waals surface area contributed by atoms with Crippen molar-refractivity contribution in [2.45, 2.75) is 17.9 Å². The van der Waals surface area contributed by atoms with Gasteiger partial charge in [0, 0.05) is 17.2 Å². The SMILES string of the molecule is CCN1C(=O)C(=O)N(CC(=O)N2c3ccccc3SCC2c2ccccc2)C1=O. The quantitative estimate of drug-likeness (QED) is 0.573. The Balaban J connectivity index is 1.68. The number of imide groups is 2. The molecule has 7 nitrogen and oxygen atoms in total. The van der Waals surface area contributed by atoms with Crippen LogP contribution in [-0.2, 0) is 14.4 Å². The summed E-state index contributed by atoms with van der Waals surface area (Å²) in [7, 11) is 0. The fourth-order valence-corrected chi connectivity index (χ4v) is 4.77. The number of hydrogen-bond acceptors (Lipinski definition) is 5. The molecule has 2 aliphatic rings. The second-order valence-corrected chi connectivity index (χ2v) is 7.75. The first-order valence-corrected chi connectivity index (χ1v) is 10.3. The number of likely N-dealkylation sites (N-methyl/N-ethyl adjacent to an activating group) is 1. The van der Waals surface area contributed by atoms with E-state index in [0.717, 1.165) is 25.9 Å². The van der Waals surface area contributed by atoms with Gasteiger partial charge in [0.2, 0.25) is 5.91 Å². The van der Waals surface area contributed by atoms with E-state index in [1.165, 1.54) is 0 Å². The molecule has 1 atom stereocenters. The molecule has 2 heterocycles. The summed E-state index contributed by atoms with van der Waals surface area (Å²) in [5, 5.41) is 0. The van der Waals surface area contributed by atoms with Crippen molar-refractivity contribution < 1.29 is 19.2 Å². The van der Waals surface area contributed by atoms with E-state index in [4.69, 9.17) is 0 Å². The summed E-state index contributed by atoms with van der Waals surface area (Å²) < 4.78 is 0. The Bertz CT molecular complexity index is 994. The summed E-state index contributed by atoms with van der Waals surface area (Å²) in [4.78, 5) is 54.2. The lowest BCUT2D eigenvalue weighted by atomic mass is 10.1. The van der Waals surface area contributed by atoms with Gasteiger partial charge in [-0.25, -0.2) is 9.69 Å². The lowest BCUT2D eigenvalue weighted by Gasteiger charge is -2.37. The van der Waals surface area contributed by atoms with Gasteiger partial charge in [-0.3, -0.25) is 19.3 Å². The van der Waals surface area contributed by atoms with Gasteiger partial charge in [-0.15, -0.1) is 11.8 Å². The fourth-order valence-electron chi connectivity index (χ4n) is 3.60. The molecule has 0 bridgehead atoms. The van der Waals surface area contributed by atoms with E-state index in [-0.39, 0.29) is 12.6 Å². The minimum Gasteiger partial charge on any atom is -0.301 e. The number of fused-ring (bicyclic) bond motifs is 1. The number of thioether (sulfide) groups is 1. The average Bonchev–Trinajstić information content (AvgIpc) is 2.96. The highest BCUT2D eigenvalue weighted by atomic mass is 32.2. The molecule has 148 valence electrons. The highest BCUT2D eigenvalue weighted by Gasteiger charge is 2.45. The van der Waals surface area contributed by atoms with Crippen LogP contribution in [0.2, 0.25) is 0 Å². The number of anilines is 1. The van der Waals surface area contributed by atoms with Gasteiger partial charge in [-0.1, -0.05) is 42.5 Å². The molecule has 0 aromatic heterocycles. The van der Waals surface area contributed by atoms with Gasteiger partial charge in [0.15, 0.2) is 0 Å². The van der Waals surface area contributed by atoms with E-state index in [0.29, 0.717) is 5.75 Å². The summed E-state index contributed by atoms with van der Waals surface area (Å²) in [6.45, 7) is 1.23. The van der Waals surface area contributed by atoms with Crippen molar-refractivity contribution >= 4 is 41.2 Å². The predicted octanol–water partition coefficient (Wildman–Crippen LogP) is 2.68. The van der Waals surface area contributed by atoms with Crippen molar-refractivity contribution in [1.29, 1.82) is 0 Å². The zero-order valence-electron chi connectivity index (χ0n) is 15.8. The van der Waals surface area contributed by atoms with Gasteiger partial charge in [-0.2, -0.15) is 0 Å². The van der Waals surface area contributed by atoms with Crippen LogP contribution in [0.15, 0.2) is 59.5 Å². The lowest BCUT2D eigenvalue weighted by Crippen LogP contribution is -2.46.